The predicted molar refractivity (Wildman–Crippen MR) is 93.7 cm³/mol. The Balaban J connectivity index is 1.85. The van der Waals surface area contributed by atoms with Crippen molar-refractivity contribution in [3.8, 4) is 0 Å². The topological polar surface area (TPSA) is 12.0 Å². The van der Waals surface area contributed by atoms with Crippen LogP contribution in [0.2, 0.25) is 0 Å². The quantitative estimate of drug-likeness (QED) is 0.568. The van der Waals surface area contributed by atoms with Gasteiger partial charge in [0.15, 0.2) is 0 Å². The van der Waals surface area contributed by atoms with E-state index in [-0.39, 0.29) is 0 Å². The van der Waals surface area contributed by atoms with Crippen LogP contribution in [0.25, 0.3) is 0 Å². The second-order valence-electron chi connectivity index (χ2n) is 7.32. The Kier molecular flexibility index (Phi) is 8.47. The zero-order valence-electron chi connectivity index (χ0n) is 14.3. The summed E-state index contributed by atoms with van der Waals surface area (Å²) in [5.74, 6) is 1.03. The molecule has 0 aliphatic heterocycles. The van der Waals surface area contributed by atoms with E-state index in [1.54, 1.807) is 5.57 Å². The van der Waals surface area contributed by atoms with Crippen molar-refractivity contribution < 1.29 is 0 Å². The minimum absolute atomic E-state index is 0.685. The van der Waals surface area contributed by atoms with Gasteiger partial charge in [-0.05, 0) is 57.4 Å². The molecule has 1 nitrogen and oxygen atoms in total. The van der Waals surface area contributed by atoms with Crippen LogP contribution in [0.15, 0.2) is 11.6 Å². The molecule has 0 amide bonds. The van der Waals surface area contributed by atoms with Crippen LogP contribution >= 0.6 is 0 Å². The van der Waals surface area contributed by atoms with Gasteiger partial charge in [-0.3, -0.25) is 0 Å². The number of hydrogen-bond donors (Lipinski definition) is 1. The van der Waals surface area contributed by atoms with E-state index in [0.717, 1.165) is 5.92 Å². The molecule has 0 aromatic carbocycles. The van der Waals surface area contributed by atoms with E-state index >= 15 is 0 Å². The molecule has 1 N–H and O–H groups in total. The molecule has 1 unspecified atom stereocenters. The minimum atomic E-state index is 0.685. The fourth-order valence-electron chi connectivity index (χ4n) is 4.15. The SMILES string of the molecule is CCCNC(CCC1CCCCC1)C1=CCCCCCC1. The van der Waals surface area contributed by atoms with E-state index in [4.69, 9.17) is 0 Å². The van der Waals surface area contributed by atoms with E-state index in [2.05, 4.69) is 18.3 Å². The molecule has 0 bridgehead atoms. The molecule has 0 saturated heterocycles. The Labute approximate surface area is 133 Å². The fourth-order valence-corrected chi connectivity index (χ4v) is 4.15. The molecule has 2 aliphatic rings. The molecule has 1 heteroatoms. The van der Waals surface area contributed by atoms with Gasteiger partial charge in [0.1, 0.15) is 0 Å². The number of rotatable bonds is 7. The van der Waals surface area contributed by atoms with Gasteiger partial charge in [0.25, 0.3) is 0 Å². The number of allylic oxidation sites excluding steroid dienone is 1. The molecule has 0 aromatic rings. The van der Waals surface area contributed by atoms with Crippen molar-refractivity contribution in [2.24, 2.45) is 5.92 Å². The summed E-state index contributed by atoms with van der Waals surface area (Å²) in [7, 11) is 0. The number of hydrogen-bond acceptors (Lipinski definition) is 1. The summed E-state index contributed by atoms with van der Waals surface area (Å²) in [5.41, 5.74) is 1.75. The second kappa shape index (κ2) is 10.4. The zero-order valence-corrected chi connectivity index (χ0v) is 14.3. The van der Waals surface area contributed by atoms with Gasteiger partial charge in [-0.15, -0.1) is 0 Å². The lowest BCUT2D eigenvalue weighted by atomic mass is 9.83. The Bertz CT molecular complexity index is 288. The van der Waals surface area contributed by atoms with Gasteiger partial charge in [0.05, 0.1) is 0 Å². The van der Waals surface area contributed by atoms with Gasteiger partial charge in [-0.25, -0.2) is 0 Å². The van der Waals surface area contributed by atoms with Crippen LogP contribution in [0.1, 0.15) is 96.8 Å². The Hall–Kier alpha value is -0.300. The van der Waals surface area contributed by atoms with Crippen LogP contribution in [0.3, 0.4) is 0 Å². The van der Waals surface area contributed by atoms with Gasteiger partial charge in [-0.2, -0.15) is 0 Å². The highest BCUT2D eigenvalue weighted by atomic mass is 14.9. The van der Waals surface area contributed by atoms with Gasteiger partial charge < -0.3 is 5.32 Å². The third-order valence-corrected chi connectivity index (χ3v) is 5.50. The normalized spacial score (nSPS) is 23.2. The van der Waals surface area contributed by atoms with Crippen LogP contribution < -0.4 is 5.32 Å². The van der Waals surface area contributed by atoms with Crippen LogP contribution in [0, 0.1) is 5.92 Å². The lowest BCUT2D eigenvalue weighted by Crippen LogP contribution is -2.32. The maximum Gasteiger partial charge on any atom is 0.0279 e. The van der Waals surface area contributed by atoms with E-state index in [1.807, 2.05) is 0 Å². The van der Waals surface area contributed by atoms with Crippen LogP contribution in [-0.2, 0) is 0 Å². The number of nitrogens with one attached hydrogen (secondary N) is 1. The average Bonchev–Trinajstić information content (AvgIpc) is 2.49. The van der Waals surface area contributed by atoms with Crippen molar-refractivity contribution >= 4 is 0 Å². The first-order valence-electron chi connectivity index (χ1n) is 9.82. The largest absolute Gasteiger partial charge is 0.310 e. The van der Waals surface area contributed by atoms with Gasteiger partial charge in [0.2, 0.25) is 0 Å². The fraction of sp³-hybridized carbons (Fsp3) is 0.900. The van der Waals surface area contributed by atoms with Crippen molar-refractivity contribution in [3.05, 3.63) is 11.6 Å². The lowest BCUT2D eigenvalue weighted by Gasteiger charge is -2.27. The van der Waals surface area contributed by atoms with Crippen LogP contribution in [0.5, 0.6) is 0 Å². The van der Waals surface area contributed by atoms with Crippen molar-refractivity contribution in [2.75, 3.05) is 6.54 Å². The van der Waals surface area contributed by atoms with E-state index in [1.165, 1.54) is 96.4 Å². The standard InChI is InChI=1S/C20H37N/c1-2-17-21-20(16-15-18-11-7-6-8-12-18)19-13-9-4-3-5-10-14-19/h13,18,20-21H,2-12,14-17H2,1H3. The van der Waals surface area contributed by atoms with Gasteiger partial charge in [-0.1, -0.05) is 63.5 Å². The Morgan fingerprint density at radius 1 is 1.05 bits per heavy atom. The molecule has 122 valence electrons. The molecule has 0 aromatic heterocycles. The van der Waals surface area contributed by atoms with Crippen molar-refractivity contribution in [3.63, 3.8) is 0 Å². The maximum atomic E-state index is 3.86. The smallest absolute Gasteiger partial charge is 0.0279 e. The molecule has 1 atom stereocenters. The van der Waals surface area contributed by atoms with Crippen molar-refractivity contribution in [2.45, 2.75) is 103 Å². The summed E-state index contributed by atoms with van der Waals surface area (Å²) >= 11 is 0. The summed E-state index contributed by atoms with van der Waals surface area (Å²) in [4.78, 5) is 0. The molecule has 1 saturated carbocycles. The highest BCUT2D eigenvalue weighted by Crippen LogP contribution is 2.29. The third-order valence-electron chi connectivity index (χ3n) is 5.50. The maximum absolute atomic E-state index is 3.86. The first-order chi connectivity index (χ1) is 10.4. The molecular formula is C20H37N. The predicted octanol–water partition coefficient (Wildman–Crippen LogP) is 6.00. The molecule has 0 heterocycles. The highest BCUT2D eigenvalue weighted by molar-refractivity contribution is 5.11. The van der Waals surface area contributed by atoms with Gasteiger partial charge in [0, 0.05) is 6.04 Å². The monoisotopic (exact) mass is 291 g/mol. The summed E-state index contributed by atoms with van der Waals surface area (Å²) in [6.07, 6.45) is 22.5. The van der Waals surface area contributed by atoms with Crippen molar-refractivity contribution in [1.29, 1.82) is 0 Å². The molecule has 2 rings (SSSR count). The molecule has 0 spiro atoms. The highest BCUT2D eigenvalue weighted by Gasteiger charge is 2.18. The minimum Gasteiger partial charge on any atom is -0.310 e. The van der Waals surface area contributed by atoms with E-state index in [0.29, 0.717) is 6.04 Å². The summed E-state index contributed by atoms with van der Waals surface area (Å²) in [5, 5.41) is 3.86. The molecule has 21 heavy (non-hydrogen) atoms. The summed E-state index contributed by atoms with van der Waals surface area (Å²) in [6, 6.07) is 0.685. The van der Waals surface area contributed by atoms with Crippen molar-refractivity contribution in [1.82, 2.24) is 5.32 Å². The molecular weight excluding hydrogens is 254 g/mol. The summed E-state index contributed by atoms with van der Waals surface area (Å²) < 4.78 is 0. The van der Waals surface area contributed by atoms with Crippen LogP contribution in [-0.4, -0.2) is 12.6 Å². The molecule has 1 fully saturated rings. The molecule has 2 aliphatic carbocycles. The van der Waals surface area contributed by atoms with Crippen LogP contribution in [0.4, 0.5) is 0 Å². The summed E-state index contributed by atoms with van der Waals surface area (Å²) in [6.45, 7) is 3.48. The van der Waals surface area contributed by atoms with E-state index < -0.39 is 0 Å². The molecule has 0 radical (unpaired) electrons. The zero-order chi connectivity index (χ0) is 14.8. The average molecular weight is 292 g/mol. The van der Waals surface area contributed by atoms with E-state index in [9.17, 15) is 0 Å². The first-order valence-corrected chi connectivity index (χ1v) is 9.82. The first kappa shape index (κ1) is 17.1. The second-order valence-corrected chi connectivity index (χ2v) is 7.32. The lowest BCUT2D eigenvalue weighted by molar-refractivity contribution is 0.318. The third kappa shape index (κ3) is 6.55. The Morgan fingerprint density at radius 3 is 2.62 bits per heavy atom. The van der Waals surface area contributed by atoms with Gasteiger partial charge >= 0.3 is 0 Å². The Morgan fingerprint density at radius 2 is 1.81 bits per heavy atom.